The van der Waals surface area contributed by atoms with Crippen LogP contribution >= 0.6 is 0 Å². The largest absolute Gasteiger partial charge is 0.359 e. The second-order valence-electron chi connectivity index (χ2n) is 4.21. The Morgan fingerprint density at radius 3 is 2.90 bits per heavy atom. The zero-order valence-electron chi connectivity index (χ0n) is 10.7. The van der Waals surface area contributed by atoms with E-state index < -0.39 is 0 Å². The van der Waals surface area contributed by atoms with Crippen molar-refractivity contribution in [2.24, 2.45) is 0 Å². The Hall–Kier alpha value is -2.50. The smallest absolute Gasteiger partial charge is 0.269 e. The van der Waals surface area contributed by atoms with Gasteiger partial charge in [-0.3, -0.25) is 9.59 Å². The number of amides is 2. The number of hydrogen-bond donors (Lipinski definition) is 2. The van der Waals surface area contributed by atoms with Crippen molar-refractivity contribution < 1.29 is 14.0 Å². The van der Waals surface area contributed by atoms with E-state index >= 15 is 0 Å². The number of fused-ring (bicyclic) bond motifs is 1. The third-order valence-electron chi connectivity index (χ3n) is 2.75. The van der Waals surface area contributed by atoms with Gasteiger partial charge in [-0.2, -0.15) is 0 Å². The number of carbonyl (C=O) groups excluding carboxylic acids is 2. The summed E-state index contributed by atoms with van der Waals surface area (Å²) < 4.78 is 13.0. The number of rotatable bonds is 6. The van der Waals surface area contributed by atoms with Crippen molar-refractivity contribution in [1.29, 1.82) is 0 Å². The van der Waals surface area contributed by atoms with Crippen LogP contribution in [0.1, 0.15) is 16.9 Å². The Bertz CT molecular complexity index is 631. The van der Waals surface area contributed by atoms with E-state index in [1.807, 2.05) is 0 Å². The Kier molecular flexibility index (Phi) is 4.60. The van der Waals surface area contributed by atoms with E-state index in [9.17, 15) is 14.0 Å². The average molecular weight is 275 g/mol. The summed E-state index contributed by atoms with van der Waals surface area (Å²) in [5, 5.41) is 5.86. The summed E-state index contributed by atoms with van der Waals surface area (Å²) in [6.07, 6.45) is 1.26. The van der Waals surface area contributed by atoms with Crippen molar-refractivity contribution in [2.75, 3.05) is 13.1 Å². The number of halogens is 1. The molecular weight excluding hydrogens is 261 g/mol. The third kappa shape index (κ3) is 3.50. The summed E-state index contributed by atoms with van der Waals surface area (Å²) in [6, 6.07) is 7.43. The molecule has 104 valence electrons. The summed E-state index contributed by atoms with van der Waals surface area (Å²) in [6.45, 7) is 0.955. The standard InChI is InChI=1S/C14H14FN3O2/c15-11-3-5-12-10(8-11)2-4-13(18-12)14(20)17-7-1-6-16-9-19/h2-5,8-9H,1,6-7H2,(H,16,19)(H,17,20). The van der Waals surface area contributed by atoms with Gasteiger partial charge in [0.25, 0.3) is 5.91 Å². The van der Waals surface area contributed by atoms with Gasteiger partial charge in [-0.25, -0.2) is 9.37 Å². The number of pyridine rings is 1. The first-order valence-electron chi connectivity index (χ1n) is 6.22. The SMILES string of the molecule is O=CNCCCNC(=O)c1ccc2cc(F)ccc2n1. The maximum atomic E-state index is 13.0. The van der Waals surface area contributed by atoms with Crippen molar-refractivity contribution in [2.45, 2.75) is 6.42 Å². The maximum Gasteiger partial charge on any atom is 0.269 e. The molecule has 0 unspecified atom stereocenters. The molecule has 0 bridgehead atoms. The lowest BCUT2D eigenvalue weighted by Crippen LogP contribution is -2.27. The minimum Gasteiger partial charge on any atom is -0.359 e. The van der Waals surface area contributed by atoms with Crippen molar-refractivity contribution in [3.05, 3.63) is 41.8 Å². The molecule has 2 N–H and O–H groups in total. The highest BCUT2D eigenvalue weighted by Gasteiger charge is 2.07. The summed E-state index contributed by atoms with van der Waals surface area (Å²) in [5.74, 6) is -0.624. The number of nitrogens with one attached hydrogen (secondary N) is 2. The molecule has 0 aliphatic rings. The van der Waals surface area contributed by atoms with Crippen LogP contribution in [-0.4, -0.2) is 30.4 Å². The molecule has 0 saturated carbocycles. The summed E-state index contributed by atoms with van der Waals surface area (Å²) in [7, 11) is 0. The fraction of sp³-hybridized carbons (Fsp3) is 0.214. The van der Waals surface area contributed by atoms with Gasteiger partial charge >= 0.3 is 0 Å². The molecular formula is C14H14FN3O2. The molecule has 6 heteroatoms. The van der Waals surface area contributed by atoms with E-state index in [-0.39, 0.29) is 17.4 Å². The fourth-order valence-corrected chi connectivity index (χ4v) is 1.76. The van der Waals surface area contributed by atoms with E-state index in [0.717, 1.165) is 0 Å². The van der Waals surface area contributed by atoms with E-state index in [0.29, 0.717) is 36.8 Å². The molecule has 2 aromatic rings. The third-order valence-corrected chi connectivity index (χ3v) is 2.75. The second-order valence-corrected chi connectivity index (χ2v) is 4.21. The Labute approximate surface area is 115 Å². The zero-order valence-corrected chi connectivity index (χ0v) is 10.7. The Morgan fingerprint density at radius 2 is 2.10 bits per heavy atom. The van der Waals surface area contributed by atoms with Crippen molar-refractivity contribution in [1.82, 2.24) is 15.6 Å². The van der Waals surface area contributed by atoms with Crippen LogP contribution in [0.25, 0.3) is 10.9 Å². The van der Waals surface area contributed by atoms with Crippen LogP contribution in [-0.2, 0) is 4.79 Å². The highest BCUT2D eigenvalue weighted by molar-refractivity contribution is 5.94. The van der Waals surface area contributed by atoms with Crippen molar-refractivity contribution in [3.8, 4) is 0 Å². The molecule has 0 aliphatic carbocycles. The van der Waals surface area contributed by atoms with E-state index in [4.69, 9.17) is 0 Å². The van der Waals surface area contributed by atoms with Crippen LogP contribution in [0.4, 0.5) is 4.39 Å². The molecule has 20 heavy (non-hydrogen) atoms. The van der Waals surface area contributed by atoms with Crippen LogP contribution in [0, 0.1) is 5.82 Å². The van der Waals surface area contributed by atoms with E-state index in [1.54, 1.807) is 12.1 Å². The minimum atomic E-state index is -0.334. The maximum absolute atomic E-state index is 13.0. The lowest BCUT2D eigenvalue weighted by Gasteiger charge is -2.05. The molecule has 1 heterocycles. The van der Waals surface area contributed by atoms with Gasteiger partial charge < -0.3 is 10.6 Å². The number of carbonyl (C=O) groups is 2. The van der Waals surface area contributed by atoms with Crippen LogP contribution < -0.4 is 10.6 Å². The molecule has 2 rings (SSSR count). The highest BCUT2D eigenvalue weighted by atomic mass is 19.1. The predicted molar refractivity (Wildman–Crippen MR) is 72.7 cm³/mol. The zero-order chi connectivity index (χ0) is 14.4. The van der Waals surface area contributed by atoms with Gasteiger partial charge in [-0.05, 0) is 30.7 Å². The lowest BCUT2D eigenvalue weighted by atomic mass is 10.2. The van der Waals surface area contributed by atoms with E-state index in [1.165, 1.54) is 18.2 Å². The average Bonchev–Trinajstić information content (AvgIpc) is 2.46. The van der Waals surface area contributed by atoms with Crippen LogP contribution in [0.3, 0.4) is 0 Å². The fourth-order valence-electron chi connectivity index (χ4n) is 1.76. The van der Waals surface area contributed by atoms with Gasteiger partial charge in [-0.15, -0.1) is 0 Å². The first kappa shape index (κ1) is 13.9. The monoisotopic (exact) mass is 275 g/mol. The van der Waals surface area contributed by atoms with E-state index in [2.05, 4.69) is 15.6 Å². The molecule has 1 aromatic heterocycles. The van der Waals surface area contributed by atoms with Crippen molar-refractivity contribution in [3.63, 3.8) is 0 Å². The molecule has 0 aliphatic heterocycles. The van der Waals surface area contributed by atoms with Gasteiger partial charge in [0, 0.05) is 18.5 Å². The summed E-state index contributed by atoms with van der Waals surface area (Å²) in [4.78, 5) is 26.1. The second kappa shape index (κ2) is 6.60. The van der Waals surface area contributed by atoms with Gasteiger partial charge in [0.2, 0.25) is 6.41 Å². The lowest BCUT2D eigenvalue weighted by molar-refractivity contribution is -0.109. The van der Waals surface area contributed by atoms with Gasteiger partial charge in [0.15, 0.2) is 0 Å². The van der Waals surface area contributed by atoms with Crippen LogP contribution in [0.15, 0.2) is 30.3 Å². The van der Waals surface area contributed by atoms with Gasteiger partial charge in [-0.1, -0.05) is 6.07 Å². The number of nitrogens with zero attached hydrogens (tertiary/aromatic N) is 1. The van der Waals surface area contributed by atoms with Crippen molar-refractivity contribution >= 4 is 23.2 Å². The molecule has 0 fully saturated rings. The number of hydrogen-bond acceptors (Lipinski definition) is 3. The van der Waals surface area contributed by atoms with Crippen LogP contribution in [0.2, 0.25) is 0 Å². The predicted octanol–water partition coefficient (Wildman–Crippen LogP) is 1.24. The quantitative estimate of drug-likeness (QED) is 0.615. The molecule has 1 aromatic carbocycles. The first-order valence-corrected chi connectivity index (χ1v) is 6.22. The normalized spacial score (nSPS) is 10.2. The highest BCUT2D eigenvalue weighted by Crippen LogP contribution is 2.14. The van der Waals surface area contributed by atoms with Gasteiger partial charge in [0.1, 0.15) is 11.5 Å². The number of aromatic nitrogens is 1. The molecule has 2 amide bonds. The Balaban J connectivity index is 1.99. The van der Waals surface area contributed by atoms with Crippen LogP contribution in [0.5, 0.6) is 0 Å². The van der Waals surface area contributed by atoms with Gasteiger partial charge in [0.05, 0.1) is 5.52 Å². The summed E-state index contributed by atoms with van der Waals surface area (Å²) in [5.41, 5.74) is 0.856. The molecule has 0 saturated heterocycles. The minimum absolute atomic E-state index is 0.285. The first-order chi connectivity index (χ1) is 9.70. The molecule has 0 atom stereocenters. The number of benzene rings is 1. The molecule has 0 radical (unpaired) electrons. The Morgan fingerprint density at radius 1 is 1.25 bits per heavy atom. The molecule has 5 nitrogen and oxygen atoms in total. The molecule has 0 spiro atoms. The topological polar surface area (TPSA) is 71.1 Å². The summed E-state index contributed by atoms with van der Waals surface area (Å²) >= 11 is 0.